The van der Waals surface area contributed by atoms with Gasteiger partial charge in [-0.3, -0.25) is 10.1 Å². The smallest absolute Gasteiger partial charge is 0.264 e. The molecule has 0 fully saturated rings. The molecular formula is C19H21ClN2O2S. The van der Waals surface area contributed by atoms with Crippen LogP contribution in [0.1, 0.15) is 31.7 Å². The van der Waals surface area contributed by atoms with Crippen molar-refractivity contribution in [3.8, 4) is 5.75 Å². The van der Waals surface area contributed by atoms with Crippen LogP contribution in [-0.2, 0) is 4.79 Å². The van der Waals surface area contributed by atoms with E-state index in [0.29, 0.717) is 16.7 Å². The maximum absolute atomic E-state index is 12.0. The van der Waals surface area contributed by atoms with Crippen LogP contribution in [0.15, 0.2) is 48.5 Å². The van der Waals surface area contributed by atoms with E-state index in [2.05, 4.69) is 30.5 Å². The molecule has 1 atom stereocenters. The number of ether oxygens (including phenoxy) is 1. The van der Waals surface area contributed by atoms with Crippen molar-refractivity contribution >= 4 is 40.5 Å². The quantitative estimate of drug-likeness (QED) is 0.714. The summed E-state index contributed by atoms with van der Waals surface area (Å²) < 4.78 is 5.40. The van der Waals surface area contributed by atoms with Crippen LogP contribution >= 0.6 is 23.8 Å². The molecule has 6 heteroatoms. The molecule has 0 aromatic heterocycles. The lowest BCUT2D eigenvalue weighted by Crippen LogP contribution is -2.37. The summed E-state index contributed by atoms with van der Waals surface area (Å²) in [5.74, 6) is 0.504. The summed E-state index contributed by atoms with van der Waals surface area (Å²) in [5.41, 5.74) is 2.06. The Hall–Kier alpha value is -2.11. The predicted molar refractivity (Wildman–Crippen MR) is 106 cm³/mol. The summed E-state index contributed by atoms with van der Waals surface area (Å²) in [6.45, 7) is 4.12. The molecule has 0 unspecified atom stereocenters. The molecule has 2 N–H and O–H groups in total. The molecule has 1 amide bonds. The van der Waals surface area contributed by atoms with Gasteiger partial charge in [-0.15, -0.1) is 0 Å². The van der Waals surface area contributed by atoms with Gasteiger partial charge in [-0.2, -0.15) is 0 Å². The van der Waals surface area contributed by atoms with Crippen molar-refractivity contribution in [1.29, 1.82) is 0 Å². The van der Waals surface area contributed by atoms with Gasteiger partial charge < -0.3 is 10.1 Å². The Morgan fingerprint density at radius 2 is 1.88 bits per heavy atom. The van der Waals surface area contributed by atoms with Gasteiger partial charge in [0, 0.05) is 5.69 Å². The Labute approximate surface area is 158 Å². The first-order valence-corrected chi connectivity index (χ1v) is 8.87. The van der Waals surface area contributed by atoms with Crippen LogP contribution in [0.25, 0.3) is 0 Å². The zero-order chi connectivity index (χ0) is 18.2. The first-order chi connectivity index (χ1) is 12.0. The summed E-state index contributed by atoms with van der Waals surface area (Å²) in [6.07, 6.45) is 1.02. The number of hydrogen-bond acceptors (Lipinski definition) is 3. The van der Waals surface area contributed by atoms with Crippen LogP contribution in [0.2, 0.25) is 5.02 Å². The number of anilines is 1. The Balaban J connectivity index is 1.90. The molecule has 0 saturated carbocycles. The lowest BCUT2D eigenvalue weighted by Gasteiger charge is -2.17. The number of halogens is 1. The summed E-state index contributed by atoms with van der Waals surface area (Å²) in [5, 5.41) is 6.40. The Morgan fingerprint density at radius 3 is 2.60 bits per heavy atom. The van der Waals surface area contributed by atoms with Gasteiger partial charge >= 0.3 is 0 Å². The summed E-state index contributed by atoms with van der Waals surface area (Å²) in [4.78, 5) is 12.0. The summed E-state index contributed by atoms with van der Waals surface area (Å²) >= 11 is 11.2. The molecule has 2 aromatic rings. The highest BCUT2D eigenvalue weighted by atomic mass is 35.5. The van der Waals surface area contributed by atoms with Crippen LogP contribution < -0.4 is 15.4 Å². The number of amides is 1. The highest BCUT2D eigenvalue weighted by Gasteiger charge is 2.11. The largest absolute Gasteiger partial charge is 0.482 e. The average Bonchev–Trinajstić information content (AvgIpc) is 2.60. The van der Waals surface area contributed by atoms with Crippen molar-refractivity contribution in [2.75, 3.05) is 11.9 Å². The van der Waals surface area contributed by atoms with Crippen molar-refractivity contribution in [2.45, 2.75) is 26.2 Å². The highest BCUT2D eigenvalue weighted by molar-refractivity contribution is 7.80. The number of benzene rings is 2. The van der Waals surface area contributed by atoms with E-state index in [1.165, 1.54) is 0 Å². The van der Waals surface area contributed by atoms with E-state index in [1.807, 2.05) is 18.2 Å². The first-order valence-electron chi connectivity index (χ1n) is 8.08. The SMILES string of the molecule is CC[C@H](C)c1ccccc1NC(=S)NC(=O)COc1ccccc1Cl. The van der Waals surface area contributed by atoms with Gasteiger partial charge in [-0.05, 0) is 48.3 Å². The summed E-state index contributed by atoms with van der Waals surface area (Å²) in [7, 11) is 0. The monoisotopic (exact) mass is 376 g/mol. The number of rotatable bonds is 6. The van der Waals surface area contributed by atoms with Gasteiger partial charge in [0.15, 0.2) is 11.7 Å². The van der Waals surface area contributed by atoms with Gasteiger partial charge in [0.2, 0.25) is 0 Å². The summed E-state index contributed by atoms with van der Waals surface area (Å²) in [6, 6.07) is 14.9. The van der Waals surface area contributed by atoms with Gasteiger partial charge in [-0.1, -0.05) is 55.8 Å². The molecule has 0 bridgehead atoms. The van der Waals surface area contributed by atoms with Crippen LogP contribution in [0.5, 0.6) is 5.75 Å². The lowest BCUT2D eigenvalue weighted by atomic mass is 9.97. The number of carbonyl (C=O) groups is 1. The van der Waals surface area contributed by atoms with Crippen molar-refractivity contribution in [3.05, 3.63) is 59.1 Å². The fourth-order valence-corrected chi connectivity index (χ4v) is 2.70. The van der Waals surface area contributed by atoms with Gasteiger partial charge in [-0.25, -0.2) is 0 Å². The number of hydrogen-bond donors (Lipinski definition) is 2. The van der Waals surface area contributed by atoms with Crippen molar-refractivity contribution in [3.63, 3.8) is 0 Å². The molecule has 25 heavy (non-hydrogen) atoms. The fraction of sp³-hybridized carbons (Fsp3) is 0.263. The fourth-order valence-electron chi connectivity index (χ4n) is 2.28. The molecular weight excluding hydrogens is 356 g/mol. The zero-order valence-corrected chi connectivity index (χ0v) is 15.8. The zero-order valence-electron chi connectivity index (χ0n) is 14.2. The molecule has 4 nitrogen and oxygen atoms in total. The molecule has 132 valence electrons. The van der Waals surface area contributed by atoms with E-state index < -0.39 is 0 Å². The molecule has 0 aliphatic rings. The van der Waals surface area contributed by atoms with Crippen molar-refractivity contribution in [1.82, 2.24) is 5.32 Å². The Bertz CT molecular complexity index is 752. The maximum Gasteiger partial charge on any atom is 0.264 e. The normalized spacial score (nSPS) is 11.5. The molecule has 0 aliphatic heterocycles. The van der Waals surface area contributed by atoms with Crippen LogP contribution in [0, 0.1) is 0 Å². The van der Waals surface area contributed by atoms with Gasteiger partial charge in [0.25, 0.3) is 5.91 Å². The van der Waals surface area contributed by atoms with Crippen molar-refractivity contribution < 1.29 is 9.53 Å². The van der Waals surface area contributed by atoms with E-state index in [4.69, 9.17) is 28.6 Å². The Kier molecular flexibility index (Phi) is 7.22. The first kappa shape index (κ1) is 19.2. The molecule has 2 rings (SSSR count). The van der Waals surface area contributed by atoms with E-state index in [0.717, 1.165) is 17.7 Å². The lowest BCUT2D eigenvalue weighted by molar-refractivity contribution is -0.121. The minimum absolute atomic E-state index is 0.168. The average molecular weight is 377 g/mol. The molecule has 0 spiro atoms. The molecule has 2 aromatic carbocycles. The molecule has 0 saturated heterocycles. The molecule has 0 aliphatic carbocycles. The Morgan fingerprint density at radius 1 is 1.20 bits per heavy atom. The van der Waals surface area contributed by atoms with Gasteiger partial charge in [0.1, 0.15) is 5.75 Å². The van der Waals surface area contributed by atoms with E-state index in [-0.39, 0.29) is 17.6 Å². The predicted octanol–water partition coefficient (Wildman–Crippen LogP) is 4.75. The third-order valence-corrected chi connectivity index (χ3v) is 4.32. The second-order valence-electron chi connectivity index (χ2n) is 5.62. The highest BCUT2D eigenvalue weighted by Crippen LogP contribution is 2.26. The number of thiocarbonyl (C=S) groups is 1. The van der Waals surface area contributed by atoms with E-state index in [1.54, 1.807) is 24.3 Å². The van der Waals surface area contributed by atoms with Crippen LogP contribution in [-0.4, -0.2) is 17.6 Å². The van der Waals surface area contributed by atoms with E-state index >= 15 is 0 Å². The third-order valence-electron chi connectivity index (χ3n) is 3.80. The minimum atomic E-state index is -0.349. The minimum Gasteiger partial charge on any atom is -0.482 e. The second-order valence-corrected chi connectivity index (χ2v) is 6.43. The van der Waals surface area contributed by atoms with Crippen LogP contribution in [0.4, 0.5) is 5.69 Å². The van der Waals surface area contributed by atoms with Gasteiger partial charge in [0.05, 0.1) is 5.02 Å². The number of nitrogens with one attached hydrogen (secondary N) is 2. The van der Waals surface area contributed by atoms with Crippen LogP contribution in [0.3, 0.4) is 0 Å². The maximum atomic E-state index is 12.0. The molecule has 0 heterocycles. The standard InChI is InChI=1S/C19H21ClN2O2S/c1-3-13(2)14-8-4-6-10-16(14)21-19(25)22-18(23)12-24-17-11-7-5-9-15(17)20/h4-11,13H,3,12H2,1-2H3,(H2,21,22,23,25)/t13-/m0/s1. The van der Waals surface area contributed by atoms with E-state index in [9.17, 15) is 4.79 Å². The molecule has 0 radical (unpaired) electrons. The number of para-hydroxylation sites is 2. The third kappa shape index (κ3) is 5.73. The van der Waals surface area contributed by atoms with Crippen molar-refractivity contribution in [2.24, 2.45) is 0 Å². The topological polar surface area (TPSA) is 50.4 Å². The second kappa shape index (κ2) is 9.39. The number of carbonyl (C=O) groups excluding carboxylic acids is 1.